The molecular weight excluding hydrogens is 340 g/mol. The van der Waals surface area contributed by atoms with E-state index in [0.29, 0.717) is 6.07 Å². The molecule has 0 aromatic heterocycles. The van der Waals surface area contributed by atoms with Gasteiger partial charge in [0.1, 0.15) is 5.92 Å². The molecule has 1 aliphatic carbocycles. The maximum Gasteiger partial charge on any atom is 0.263 e. The van der Waals surface area contributed by atoms with E-state index in [1.807, 2.05) is 0 Å². The molecule has 3 rings (SSSR count). The first-order valence-electron chi connectivity index (χ1n) is 7.38. The molecule has 0 aliphatic heterocycles. The van der Waals surface area contributed by atoms with Crippen molar-refractivity contribution in [2.24, 2.45) is 5.92 Å². The summed E-state index contributed by atoms with van der Waals surface area (Å²) in [6, 6.07) is 8.25. The number of alkyl halides is 4. The van der Waals surface area contributed by atoms with Crippen LogP contribution >= 0.6 is 0 Å². The highest BCUT2D eigenvalue weighted by Crippen LogP contribution is 2.37. The highest BCUT2D eigenvalue weighted by molar-refractivity contribution is 6.26. The third-order valence-electron chi connectivity index (χ3n) is 4.18. The molecule has 25 heavy (non-hydrogen) atoms. The first-order valence-corrected chi connectivity index (χ1v) is 7.38. The van der Waals surface area contributed by atoms with Gasteiger partial charge in [0.2, 0.25) is 0 Å². The summed E-state index contributed by atoms with van der Waals surface area (Å²) in [5.74, 6) is -2.85. The Kier molecular flexibility index (Phi) is 4.43. The molecule has 3 nitrogen and oxygen atoms in total. The van der Waals surface area contributed by atoms with Crippen molar-refractivity contribution in [3.8, 4) is 0 Å². The van der Waals surface area contributed by atoms with E-state index in [1.54, 1.807) is 12.1 Å². The molecule has 2 aromatic rings. The zero-order valence-electron chi connectivity index (χ0n) is 12.6. The van der Waals surface area contributed by atoms with Gasteiger partial charge in [-0.3, -0.25) is 9.59 Å². The Labute approximate surface area is 139 Å². The lowest BCUT2D eigenvalue weighted by molar-refractivity contribution is 0.0610. The zero-order chi connectivity index (χ0) is 18.3. The lowest BCUT2D eigenvalue weighted by atomic mass is 9.89. The summed E-state index contributed by atoms with van der Waals surface area (Å²) in [6.45, 7) is 0. The van der Waals surface area contributed by atoms with Crippen LogP contribution in [-0.2, 0) is 0 Å². The largest absolute Gasteiger partial charge is 0.387 e. The highest BCUT2D eigenvalue weighted by Gasteiger charge is 2.43. The molecule has 1 unspecified atom stereocenters. The smallest absolute Gasteiger partial charge is 0.263 e. The molecule has 130 valence electrons. The van der Waals surface area contributed by atoms with Gasteiger partial charge >= 0.3 is 0 Å². The Morgan fingerprint density at radius 2 is 1.16 bits per heavy atom. The topological polar surface area (TPSA) is 54.4 Å². The van der Waals surface area contributed by atoms with Crippen molar-refractivity contribution in [2.45, 2.75) is 19.0 Å². The normalized spacial score (nSPS) is 16.0. The number of aliphatic hydroxyl groups excluding tert-OH is 1. The molecule has 0 saturated heterocycles. The molecule has 0 heterocycles. The number of benzene rings is 2. The first-order chi connectivity index (χ1) is 11.8. The van der Waals surface area contributed by atoms with E-state index >= 15 is 0 Å². The van der Waals surface area contributed by atoms with Gasteiger partial charge in [0.25, 0.3) is 12.9 Å². The standard InChI is InChI=1S/C18H12F4O3/c19-17(20)9-5-8(6-10(7-9)18(21)22)14(23)13-15(24)11-3-1-2-4-12(11)16(13)25/h1-7,13-14,17-18,23H. The van der Waals surface area contributed by atoms with Crippen LogP contribution in [0.25, 0.3) is 0 Å². The van der Waals surface area contributed by atoms with E-state index in [2.05, 4.69) is 0 Å². The summed E-state index contributed by atoms with van der Waals surface area (Å²) in [6.07, 6.45) is -7.85. The van der Waals surface area contributed by atoms with Gasteiger partial charge < -0.3 is 5.11 Å². The summed E-state index contributed by atoms with van der Waals surface area (Å²) < 4.78 is 51.8. The summed E-state index contributed by atoms with van der Waals surface area (Å²) in [7, 11) is 0. The Hall–Kier alpha value is -2.54. The molecule has 0 spiro atoms. The summed E-state index contributed by atoms with van der Waals surface area (Å²) in [4.78, 5) is 24.8. The second kappa shape index (κ2) is 6.40. The van der Waals surface area contributed by atoms with Crippen LogP contribution in [0.1, 0.15) is 56.4 Å². The van der Waals surface area contributed by atoms with E-state index in [4.69, 9.17) is 0 Å². The van der Waals surface area contributed by atoms with Gasteiger partial charge in [-0.2, -0.15) is 0 Å². The number of hydrogen-bond donors (Lipinski definition) is 1. The minimum atomic E-state index is -3.03. The number of ketones is 2. The molecule has 1 aliphatic rings. The maximum atomic E-state index is 12.9. The number of fused-ring (bicyclic) bond motifs is 1. The number of rotatable bonds is 4. The molecule has 0 bridgehead atoms. The van der Waals surface area contributed by atoms with E-state index in [9.17, 15) is 32.3 Å². The van der Waals surface area contributed by atoms with Crippen molar-refractivity contribution < 1.29 is 32.3 Å². The van der Waals surface area contributed by atoms with Crippen LogP contribution < -0.4 is 0 Å². The van der Waals surface area contributed by atoms with E-state index in [0.717, 1.165) is 12.1 Å². The zero-order valence-corrected chi connectivity index (χ0v) is 12.6. The minimum Gasteiger partial charge on any atom is -0.387 e. The van der Waals surface area contributed by atoms with Crippen molar-refractivity contribution in [1.29, 1.82) is 0 Å². The van der Waals surface area contributed by atoms with Crippen molar-refractivity contribution in [1.82, 2.24) is 0 Å². The second-order valence-corrected chi connectivity index (χ2v) is 5.73. The first kappa shape index (κ1) is 17.3. The summed E-state index contributed by atoms with van der Waals surface area (Å²) in [5.41, 5.74) is -1.48. The van der Waals surface area contributed by atoms with E-state index < -0.39 is 47.6 Å². The average molecular weight is 352 g/mol. The van der Waals surface area contributed by atoms with Crippen molar-refractivity contribution in [3.63, 3.8) is 0 Å². The number of carbonyl (C=O) groups is 2. The Bertz CT molecular complexity index is 787. The van der Waals surface area contributed by atoms with Gasteiger partial charge in [0.15, 0.2) is 11.6 Å². The predicted molar refractivity (Wildman–Crippen MR) is 79.9 cm³/mol. The lowest BCUT2D eigenvalue weighted by Crippen LogP contribution is -2.24. The monoisotopic (exact) mass is 352 g/mol. The Morgan fingerprint density at radius 1 is 0.760 bits per heavy atom. The quantitative estimate of drug-likeness (QED) is 0.660. The molecule has 2 aromatic carbocycles. The van der Waals surface area contributed by atoms with Crippen molar-refractivity contribution in [3.05, 3.63) is 70.3 Å². The van der Waals surface area contributed by atoms with E-state index in [1.165, 1.54) is 12.1 Å². The van der Waals surface area contributed by atoms with Crippen LogP contribution in [0, 0.1) is 5.92 Å². The fourth-order valence-corrected chi connectivity index (χ4v) is 2.97. The number of halogens is 4. The second-order valence-electron chi connectivity index (χ2n) is 5.73. The molecular formula is C18H12F4O3. The molecule has 1 atom stereocenters. The van der Waals surface area contributed by atoms with Crippen LogP contribution in [-0.4, -0.2) is 16.7 Å². The fourth-order valence-electron chi connectivity index (χ4n) is 2.97. The van der Waals surface area contributed by atoms with Gasteiger partial charge in [-0.25, -0.2) is 17.6 Å². The third-order valence-corrected chi connectivity index (χ3v) is 4.18. The average Bonchev–Trinajstić information content (AvgIpc) is 2.85. The van der Waals surface area contributed by atoms with Crippen molar-refractivity contribution in [2.75, 3.05) is 0 Å². The number of carbonyl (C=O) groups excluding carboxylic acids is 2. The van der Waals surface area contributed by atoms with Gasteiger partial charge in [0.05, 0.1) is 6.10 Å². The van der Waals surface area contributed by atoms with Gasteiger partial charge in [-0.15, -0.1) is 0 Å². The highest BCUT2D eigenvalue weighted by atomic mass is 19.3. The number of aliphatic hydroxyl groups is 1. The fraction of sp³-hybridized carbons (Fsp3) is 0.222. The van der Waals surface area contributed by atoms with Crippen LogP contribution in [0.15, 0.2) is 42.5 Å². The van der Waals surface area contributed by atoms with Crippen LogP contribution in [0.4, 0.5) is 17.6 Å². The maximum absolute atomic E-state index is 12.9. The van der Waals surface area contributed by atoms with Crippen molar-refractivity contribution >= 4 is 11.6 Å². The Morgan fingerprint density at radius 3 is 1.56 bits per heavy atom. The molecule has 0 radical (unpaired) electrons. The van der Waals surface area contributed by atoms with Crippen LogP contribution in [0.5, 0.6) is 0 Å². The summed E-state index contributed by atoms with van der Waals surface area (Å²) >= 11 is 0. The van der Waals surface area contributed by atoms with Crippen LogP contribution in [0.2, 0.25) is 0 Å². The predicted octanol–water partition coefficient (Wildman–Crippen LogP) is 4.29. The molecule has 7 heteroatoms. The Balaban J connectivity index is 2.03. The number of hydrogen-bond acceptors (Lipinski definition) is 3. The minimum absolute atomic E-state index is 0.121. The van der Waals surface area contributed by atoms with E-state index in [-0.39, 0.29) is 16.7 Å². The SMILES string of the molecule is O=C1c2ccccc2C(=O)C1C(O)c1cc(C(F)F)cc(C(F)F)c1. The lowest BCUT2D eigenvalue weighted by Gasteiger charge is -2.18. The van der Waals surface area contributed by atoms with Gasteiger partial charge in [-0.05, 0) is 23.8 Å². The summed E-state index contributed by atoms with van der Waals surface area (Å²) in [5, 5.41) is 10.4. The third kappa shape index (κ3) is 2.95. The van der Waals surface area contributed by atoms with Gasteiger partial charge in [0, 0.05) is 22.3 Å². The molecule has 1 N–H and O–H groups in total. The molecule has 0 fully saturated rings. The number of Topliss-reactive ketones (excluding diaryl/α,β-unsaturated/α-hetero) is 2. The molecule has 0 amide bonds. The van der Waals surface area contributed by atoms with Crippen LogP contribution in [0.3, 0.4) is 0 Å². The van der Waals surface area contributed by atoms with Gasteiger partial charge in [-0.1, -0.05) is 24.3 Å². The molecule has 0 saturated carbocycles.